The third-order valence-electron chi connectivity index (χ3n) is 6.84. The molecule has 0 atom stereocenters. The molecule has 2 aromatic heterocycles. The van der Waals surface area contributed by atoms with E-state index in [9.17, 15) is 9.59 Å². The number of hydrogen-bond acceptors (Lipinski definition) is 6. The van der Waals surface area contributed by atoms with Gasteiger partial charge in [-0.1, -0.05) is 24.3 Å². The predicted molar refractivity (Wildman–Crippen MR) is 137 cm³/mol. The van der Waals surface area contributed by atoms with E-state index in [1.165, 1.54) is 0 Å². The van der Waals surface area contributed by atoms with Crippen LogP contribution in [-0.2, 0) is 17.9 Å². The van der Waals surface area contributed by atoms with Gasteiger partial charge in [0, 0.05) is 82.6 Å². The average molecular weight is 485 g/mol. The Bertz CT molecular complexity index is 1200. The molecule has 3 heterocycles. The van der Waals surface area contributed by atoms with Crippen LogP contribution >= 0.6 is 0 Å². The van der Waals surface area contributed by atoms with E-state index < -0.39 is 0 Å². The molecule has 36 heavy (non-hydrogen) atoms. The van der Waals surface area contributed by atoms with Crippen molar-refractivity contribution < 1.29 is 9.59 Å². The molecule has 1 fully saturated rings. The Morgan fingerprint density at radius 2 is 1.75 bits per heavy atom. The normalized spacial score (nSPS) is 17.2. The second-order valence-corrected chi connectivity index (χ2v) is 9.62. The summed E-state index contributed by atoms with van der Waals surface area (Å²) in [6, 6.07) is 11.9. The highest BCUT2D eigenvalue weighted by molar-refractivity contribution is 5.94. The number of nitrogens with zero attached hydrogens (tertiary/aromatic N) is 6. The molecular weight excluding hydrogens is 452 g/mol. The lowest BCUT2D eigenvalue weighted by Crippen LogP contribution is -2.38. The minimum atomic E-state index is -0.0953. The highest BCUT2D eigenvalue weighted by Gasteiger charge is 2.27. The van der Waals surface area contributed by atoms with E-state index in [2.05, 4.69) is 25.9 Å². The number of para-hydroxylation sites is 1. The molecule has 1 saturated carbocycles. The van der Waals surface area contributed by atoms with E-state index in [4.69, 9.17) is 0 Å². The fraction of sp³-hybridized carbons (Fsp3) is 0.393. The summed E-state index contributed by atoms with van der Waals surface area (Å²) in [6.07, 6.45) is 10.0. The number of benzene rings is 1. The maximum atomic E-state index is 13.7. The van der Waals surface area contributed by atoms with Crippen molar-refractivity contribution in [2.75, 3.05) is 31.1 Å². The first kappa shape index (κ1) is 24.1. The van der Waals surface area contributed by atoms with Gasteiger partial charge in [-0.05, 0) is 42.5 Å². The number of fused-ring (bicyclic) bond motifs is 1. The monoisotopic (exact) mass is 484 g/mol. The van der Waals surface area contributed by atoms with Crippen molar-refractivity contribution >= 4 is 17.5 Å². The molecule has 8 heteroatoms. The first-order valence-corrected chi connectivity index (χ1v) is 12.7. The van der Waals surface area contributed by atoms with Gasteiger partial charge in [0.1, 0.15) is 5.82 Å². The number of carbonyl (C=O) groups is 2. The van der Waals surface area contributed by atoms with Crippen molar-refractivity contribution in [2.45, 2.75) is 45.2 Å². The highest BCUT2D eigenvalue weighted by atomic mass is 16.2. The summed E-state index contributed by atoms with van der Waals surface area (Å²) < 4.78 is 0. The Morgan fingerprint density at radius 1 is 0.944 bits per heavy atom. The fourth-order valence-electron chi connectivity index (χ4n) is 4.73. The summed E-state index contributed by atoms with van der Waals surface area (Å²) in [5.41, 5.74) is 3.44. The van der Waals surface area contributed by atoms with Gasteiger partial charge in [0.2, 0.25) is 5.91 Å². The number of amides is 2. The van der Waals surface area contributed by atoms with Gasteiger partial charge in [-0.2, -0.15) is 0 Å². The Kier molecular flexibility index (Phi) is 7.32. The molecule has 0 N–H and O–H groups in total. The molecular formula is C28H32N6O2. The first-order chi connectivity index (χ1) is 17.6. The van der Waals surface area contributed by atoms with E-state index in [-0.39, 0.29) is 11.8 Å². The van der Waals surface area contributed by atoms with Crippen LogP contribution in [0, 0.1) is 0 Å². The average Bonchev–Trinajstić information content (AvgIpc) is 3.75. The van der Waals surface area contributed by atoms with Crippen LogP contribution in [-0.4, -0.2) is 62.7 Å². The lowest BCUT2D eigenvalue weighted by Gasteiger charge is -2.28. The summed E-state index contributed by atoms with van der Waals surface area (Å²) in [5, 5.41) is 0. The summed E-state index contributed by atoms with van der Waals surface area (Å²) >= 11 is 0. The van der Waals surface area contributed by atoms with Crippen LogP contribution in [0.4, 0.5) is 5.69 Å². The van der Waals surface area contributed by atoms with Gasteiger partial charge < -0.3 is 9.80 Å². The molecule has 0 bridgehead atoms. The molecule has 1 aliphatic heterocycles. The van der Waals surface area contributed by atoms with Gasteiger partial charge >= 0.3 is 0 Å². The molecule has 0 radical (unpaired) electrons. The Balaban J connectivity index is 1.43. The number of anilines is 1. The summed E-state index contributed by atoms with van der Waals surface area (Å²) in [6.45, 7) is 5.45. The lowest BCUT2D eigenvalue weighted by molar-refractivity contribution is -0.116. The Morgan fingerprint density at radius 3 is 2.47 bits per heavy atom. The Hall–Kier alpha value is -3.65. The van der Waals surface area contributed by atoms with Gasteiger partial charge in [-0.25, -0.2) is 9.97 Å². The topological polar surface area (TPSA) is 82.5 Å². The van der Waals surface area contributed by atoms with Gasteiger partial charge in [0.15, 0.2) is 0 Å². The van der Waals surface area contributed by atoms with E-state index in [1.54, 1.807) is 25.5 Å². The molecule has 2 amide bonds. The number of hydrogen-bond donors (Lipinski definition) is 0. The zero-order valence-corrected chi connectivity index (χ0v) is 20.7. The van der Waals surface area contributed by atoms with Crippen molar-refractivity contribution in [3.63, 3.8) is 0 Å². The van der Waals surface area contributed by atoms with Gasteiger partial charge in [-0.15, -0.1) is 0 Å². The van der Waals surface area contributed by atoms with E-state index in [0.29, 0.717) is 37.7 Å². The molecule has 3 aromatic rings. The standard InChI is InChI=1S/C28H32N6O2/c1-21(35)34-13-5-12-32(19-22-6-4-11-29-16-22)14-15-33(20-24-7-2-3-8-26(24)34)28(36)25-17-30-27(31-18-25)23-9-10-23/h2-4,6-8,11,16-18,23H,5,9-10,12-15,19-20H2,1H3. The molecule has 1 aromatic carbocycles. The third kappa shape index (κ3) is 5.76. The smallest absolute Gasteiger partial charge is 0.257 e. The minimum absolute atomic E-state index is 0.00227. The lowest BCUT2D eigenvalue weighted by atomic mass is 10.1. The largest absolute Gasteiger partial charge is 0.333 e. The second kappa shape index (κ2) is 11.0. The molecule has 0 unspecified atom stereocenters. The quantitative estimate of drug-likeness (QED) is 0.562. The van der Waals surface area contributed by atoms with Crippen LogP contribution in [0.5, 0.6) is 0 Å². The van der Waals surface area contributed by atoms with Crippen molar-refractivity contribution in [3.8, 4) is 0 Å². The first-order valence-electron chi connectivity index (χ1n) is 12.7. The zero-order valence-electron chi connectivity index (χ0n) is 20.7. The SMILES string of the molecule is CC(=O)N1CCCN(Cc2cccnc2)CCN(C(=O)c2cnc(C3CC3)nc2)Cc2ccccc21. The van der Waals surface area contributed by atoms with E-state index in [1.807, 2.05) is 46.3 Å². The van der Waals surface area contributed by atoms with Crippen molar-refractivity contribution in [1.29, 1.82) is 0 Å². The second-order valence-electron chi connectivity index (χ2n) is 9.62. The van der Waals surface area contributed by atoms with Gasteiger partial charge in [-0.3, -0.25) is 19.5 Å². The highest BCUT2D eigenvalue weighted by Crippen LogP contribution is 2.37. The third-order valence-corrected chi connectivity index (χ3v) is 6.84. The van der Waals surface area contributed by atoms with Crippen molar-refractivity contribution in [2.24, 2.45) is 0 Å². The number of aromatic nitrogens is 3. The zero-order chi connectivity index (χ0) is 24.9. The molecule has 0 saturated heterocycles. The fourth-order valence-corrected chi connectivity index (χ4v) is 4.73. The molecule has 8 nitrogen and oxygen atoms in total. The number of pyridine rings is 1. The van der Waals surface area contributed by atoms with Gasteiger partial charge in [0.05, 0.1) is 5.56 Å². The van der Waals surface area contributed by atoms with Crippen LogP contribution < -0.4 is 4.90 Å². The number of rotatable bonds is 4. The van der Waals surface area contributed by atoms with Crippen molar-refractivity contribution in [3.05, 3.63) is 83.7 Å². The molecule has 1 aliphatic carbocycles. The molecule has 5 rings (SSSR count). The summed E-state index contributed by atoms with van der Waals surface area (Å²) in [4.78, 5) is 45.5. The maximum Gasteiger partial charge on any atom is 0.257 e. The Labute approximate surface area is 212 Å². The maximum absolute atomic E-state index is 13.7. The van der Waals surface area contributed by atoms with Crippen LogP contribution in [0.2, 0.25) is 0 Å². The van der Waals surface area contributed by atoms with Crippen molar-refractivity contribution in [1.82, 2.24) is 24.8 Å². The summed E-state index contributed by atoms with van der Waals surface area (Å²) in [7, 11) is 0. The van der Waals surface area contributed by atoms with Crippen LogP contribution in [0.3, 0.4) is 0 Å². The van der Waals surface area contributed by atoms with Gasteiger partial charge in [0.25, 0.3) is 5.91 Å². The number of carbonyl (C=O) groups excluding carboxylic acids is 2. The van der Waals surface area contributed by atoms with Crippen LogP contribution in [0.25, 0.3) is 0 Å². The molecule has 0 spiro atoms. The van der Waals surface area contributed by atoms with E-state index in [0.717, 1.165) is 55.0 Å². The molecule has 186 valence electrons. The van der Waals surface area contributed by atoms with Crippen LogP contribution in [0.1, 0.15) is 59.4 Å². The van der Waals surface area contributed by atoms with E-state index >= 15 is 0 Å². The predicted octanol–water partition coefficient (Wildman–Crippen LogP) is 3.65. The van der Waals surface area contributed by atoms with Crippen LogP contribution in [0.15, 0.2) is 61.2 Å². The molecule has 2 aliphatic rings. The minimum Gasteiger partial charge on any atom is -0.333 e. The summed E-state index contributed by atoms with van der Waals surface area (Å²) in [5.74, 6) is 1.18.